The van der Waals surface area contributed by atoms with Crippen molar-refractivity contribution in [3.63, 3.8) is 0 Å². The number of thioether (sulfide) groups is 2. The highest BCUT2D eigenvalue weighted by molar-refractivity contribution is 8.00. The Labute approximate surface area is 170 Å². The van der Waals surface area contributed by atoms with E-state index in [1.54, 1.807) is 0 Å². The van der Waals surface area contributed by atoms with E-state index in [1.165, 1.54) is 16.7 Å². The smallest absolute Gasteiger partial charge is 0.237 e. The number of hydrogen-bond donors (Lipinski definition) is 1. The van der Waals surface area contributed by atoms with Crippen molar-refractivity contribution in [2.75, 3.05) is 17.2 Å². The van der Waals surface area contributed by atoms with Crippen LogP contribution in [0.4, 0.5) is 5.69 Å². The number of benzene rings is 2. The molecule has 0 fully saturated rings. The number of fused-ring (bicyclic) bond motifs is 4. The lowest BCUT2D eigenvalue weighted by atomic mass is 10.2. The SMILES string of the molecule is C[C@@H]1CCN(C(=O)CSc2n[nH]c3nc4ccccc4n23)c2ccccc2S1. The number of carbonyl (C=O) groups is 1. The van der Waals surface area contributed by atoms with Gasteiger partial charge in [0.2, 0.25) is 11.7 Å². The normalized spacial score (nSPS) is 17.0. The zero-order valence-corrected chi connectivity index (χ0v) is 17.0. The summed E-state index contributed by atoms with van der Waals surface area (Å²) in [6.45, 7) is 2.96. The zero-order chi connectivity index (χ0) is 19.1. The fourth-order valence-electron chi connectivity index (χ4n) is 3.49. The molecule has 4 aromatic rings. The van der Waals surface area contributed by atoms with E-state index in [4.69, 9.17) is 0 Å². The van der Waals surface area contributed by atoms with Crippen LogP contribution in [-0.4, -0.2) is 43.0 Å². The summed E-state index contributed by atoms with van der Waals surface area (Å²) in [5.74, 6) is 1.13. The summed E-state index contributed by atoms with van der Waals surface area (Å²) < 4.78 is 1.97. The minimum Gasteiger partial charge on any atom is -0.311 e. The van der Waals surface area contributed by atoms with E-state index in [0.717, 1.165) is 34.8 Å². The Balaban J connectivity index is 1.40. The van der Waals surface area contributed by atoms with Crippen LogP contribution >= 0.6 is 23.5 Å². The molecule has 0 saturated heterocycles. The number of anilines is 1. The molecule has 8 heteroatoms. The molecule has 0 unspecified atom stereocenters. The minimum absolute atomic E-state index is 0.104. The molecule has 6 nitrogen and oxygen atoms in total. The maximum atomic E-state index is 13.1. The third kappa shape index (κ3) is 3.06. The van der Waals surface area contributed by atoms with Crippen molar-refractivity contribution in [2.45, 2.75) is 28.6 Å². The van der Waals surface area contributed by atoms with Crippen LogP contribution in [0, 0.1) is 0 Å². The minimum atomic E-state index is 0.104. The van der Waals surface area contributed by atoms with Gasteiger partial charge in [0.1, 0.15) is 0 Å². The summed E-state index contributed by atoms with van der Waals surface area (Å²) >= 11 is 3.29. The Hall–Kier alpha value is -2.45. The van der Waals surface area contributed by atoms with Crippen molar-refractivity contribution >= 4 is 51.9 Å². The predicted molar refractivity (Wildman–Crippen MR) is 114 cm³/mol. The van der Waals surface area contributed by atoms with Gasteiger partial charge in [0.05, 0.1) is 22.5 Å². The zero-order valence-electron chi connectivity index (χ0n) is 15.3. The van der Waals surface area contributed by atoms with Crippen molar-refractivity contribution in [2.24, 2.45) is 0 Å². The number of amides is 1. The van der Waals surface area contributed by atoms with Crippen LogP contribution in [0.5, 0.6) is 0 Å². The van der Waals surface area contributed by atoms with Gasteiger partial charge in [-0.25, -0.2) is 10.1 Å². The van der Waals surface area contributed by atoms with Gasteiger partial charge in [-0.2, -0.15) is 0 Å². The topological polar surface area (TPSA) is 66.3 Å². The summed E-state index contributed by atoms with van der Waals surface area (Å²) in [6.07, 6.45) is 0.981. The molecule has 0 aliphatic carbocycles. The van der Waals surface area contributed by atoms with E-state index in [0.29, 0.717) is 16.8 Å². The Kier molecular flexibility index (Phi) is 4.52. The lowest BCUT2D eigenvalue weighted by Gasteiger charge is -2.22. The summed E-state index contributed by atoms with van der Waals surface area (Å²) in [4.78, 5) is 20.7. The van der Waals surface area contributed by atoms with Gasteiger partial charge in [0.25, 0.3) is 0 Å². The number of carbonyl (C=O) groups excluding carboxylic acids is 1. The van der Waals surface area contributed by atoms with E-state index in [-0.39, 0.29) is 5.91 Å². The number of H-pyrrole nitrogens is 1. The maximum Gasteiger partial charge on any atom is 0.237 e. The maximum absolute atomic E-state index is 13.1. The Morgan fingerprint density at radius 3 is 3.00 bits per heavy atom. The van der Waals surface area contributed by atoms with Crippen molar-refractivity contribution in [3.05, 3.63) is 48.5 Å². The number of nitrogens with one attached hydrogen (secondary N) is 1. The third-order valence-electron chi connectivity index (χ3n) is 4.87. The second kappa shape index (κ2) is 7.18. The Morgan fingerprint density at radius 2 is 2.07 bits per heavy atom. The quantitative estimate of drug-likeness (QED) is 0.513. The fourth-order valence-corrected chi connectivity index (χ4v) is 5.43. The van der Waals surface area contributed by atoms with Crippen LogP contribution in [0.2, 0.25) is 0 Å². The van der Waals surface area contributed by atoms with Gasteiger partial charge in [0.15, 0.2) is 5.16 Å². The highest BCUT2D eigenvalue weighted by atomic mass is 32.2. The molecule has 1 amide bonds. The van der Waals surface area contributed by atoms with E-state index >= 15 is 0 Å². The first kappa shape index (κ1) is 17.6. The van der Waals surface area contributed by atoms with Crippen LogP contribution in [-0.2, 0) is 4.79 Å². The molecular weight excluding hydrogens is 390 g/mol. The first-order valence-corrected chi connectivity index (χ1v) is 11.1. The summed E-state index contributed by atoms with van der Waals surface area (Å²) in [6, 6.07) is 16.1. The lowest BCUT2D eigenvalue weighted by molar-refractivity contribution is -0.116. The van der Waals surface area contributed by atoms with Crippen LogP contribution in [0.15, 0.2) is 58.6 Å². The molecule has 1 N–H and O–H groups in total. The van der Waals surface area contributed by atoms with Crippen molar-refractivity contribution in [1.82, 2.24) is 19.6 Å². The number of aromatic nitrogens is 4. The molecule has 5 rings (SSSR count). The molecule has 0 saturated carbocycles. The number of nitrogens with zero attached hydrogens (tertiary/aromatic N) is 4. The Bertz CT molecular complexity index is 1170. The van der Waals surface area contributed by atoms with E-state index in [2.05, 4.69) is 28.2 Å². The number of rotatable bonds is 3. The molecule has 142 valence electrons. The highest BCUT2D eigenvalue weighted by Gasteiger charge is 2.24. The third-order valence-corrected chi connectivity index (χ3v) is 7.03. The lowest BCUT2D eigenvalue weighted by Crippen LogP contribution is -2.33. The number of imidazole rings is 1. The van der Waals surface area contributed by atoms with E-state index in [1.807, 2.05) is 63.5 Å². The average Bonchev–Trinajstić information content (AvgIpc) is 3.21. The van der Waals surface area contributed by atoms with Crippen LogP contribution in [0.1, 0.15) is 13.3 Å². The first-order chi connectivity index (χ1) is 13.7. The molecule has 0 bridgehead atoms. The van der Waals surface area contributed by atoms with Gasteiger partial charge < -0.3 is 4.90 Å². The molecule has 1 atom stereocenters. The first-order valence-electron chi connectivity index (χ1n) is 9.21. The van der Waals surface area contributed by atoms with Crippen molar-refractivity contribution in [1.29, 1.82) is 0 Å². The van der Waals surface area contributed by atoms with E-state index < -0.39 is 0 Å². The van der Waals surface area contributed by atoms with Crippen LogP contribution in [0.3, 0.4) is 0 Å². The summed E-state index contributed by atoms with van der Waals surface area (Å²) in [7, 11) is 0. The molecule has 0 radical (unpaired) electrons. The summed E-state index contributed by atoms with van der Waals surface area (Å²) in [5, 5.41) is 8.57. The van der Waals surface area contributed by atoms with Crippen LogP contribution < -0.4 is 4.90 Å². The number of hydrogen-bond acceptors (Lipinski definition) is 5. The second-order valence-electron chi connectivity index (χ2n) is 6.78. The Morgan fingerprint density at radius 1 is 1.25 bits per heavy atom. The second-order valence-corrected chi connectivity index (χ2v) is 9.21. The van der Waals surface area contributed by atoms with Gasteiger partial charge in [-0.05, 0) is 30.7 Å². The largest absolute Gasteiger partial charge is 0.311 e. The van der Waals surface area contributed by atoms with Gasteiger partial charge in [-0.1, -0.05) is 43.0 Å². The molecule has 28 heavy (non-hydrogen) atoms. The summed E-state index contributed by atoms with van der Waals surface area (Å²) in [5.41, 5.74) is 2.92. The average molecular weight is 410 g/mol. The number of aromatic amines is 1. The van der Waals surface area contributed by atoms with Gasteiger partial charge in [-0.15, -0.1) is 16.9 Å². The molecular formula is C20H19N5OS2. The van der Waals surface area contributed by atoms with Crippen LogP contribution in [0.25, 0.3) is 16.8 Å². The van der Waals surface area contributed by atoms with E-state index in [9.17, 15) is 4.79 Å². The monoisotopic (exact) mass is 409 g/mol. The molecule has 2 aromatic carbocycles. The van der Waals surface area contributed by atoms with Crippen molar-refractivity contribution in [3.8, 4) is 0 Å². The molecule has 1 aliphatic rings. The predicted octanol–water partition coefficient (Wildman–Crippen LogP) is 4.22. The molecule has 1 aliphatic heterocycles. The number of para-hydroxylation sites is 3. The van der Waals surface area contributed by atoms with Gasteiger partial charge >= 0.3 is 0 Å². The van der Waals surface area contributed by atoms with Gasteiger partial charge in [0, 0.05) is 16.7 Å². The molecule has 2 aromatic heterocycles. The fraction of sp³-hybridized carbons (Fsp3) is 0.250. The molecule has 0 spiro atoms. The van der Waals surface area contributed by atoms with Crippen molar-refractivity contribution < 1.29 is 4.79 Å². The standard InChI is InChI=1S/C20H19N5OS2/c1-13-10-11-24(16-8-4-5-9-17(16)28-13)18(26)12-27-20-23-22-19-21-14-6-2-3-7-15(14)25(19)20/h2-9,13H,10-12H2,1H3,(H,21,22)/t13-/m1/s1. The molecule has 3 heterocycles. The van der Waals surface area contributed by atoms with Gasteiger partial charge in [-0.3, -0.25) is 9.20 Å². The highest BCUT2D eigenvalue weighted by Crippen LogP contribution is 2.37.